The molecule has 0 aliphatic heterocycles. The summed E-state index contributed by atoms with van der Waals surface area (Å²) in [5, 5.41) is 11.7. The van der Waals surface area contributed by atoms with E-state index >= 15 is 0 Å². The summed E-state index contributed by atoms with van der Waals surface area (Å²) in [5.41, 5.74) is 0.356. The van der Waals surface area contributed by atoms with Gasteiger partial charge in [0.1, 0.15) is 11.5 Å². The molecular weight excluding hydrogens is 283 g/mol. The number of ether oxygens (including phenoxy) is 1. The second-order valence-electron chi connectivity index (χ2n) is 4.34. The molecule has 0 radical (unpaired) electrons. The van der Waals surface area contributed by atoms with Gasteiger partial charge in [-0.3, -0.25) is 0 Å². The zero-order chi connectivity index (χ0) is 15.5. The molecule has 0 fully saturated rings. The molecule has 0 unspecified atom stereocenters. The second-order valence-corrected chi connectivity index (χ2v) is 4.34. The van der Waals surface area contributed by atoms with Gasteiger partial charge in [-0.1, -0.05) is 11.2 Å². The van der Waals surface area contributed by atoms with Gasteiger partial charge in [-0.15, -0.1) is 0 Å². The third-order valence-corrected chi connectivity index (χ3v) is 2.82. The van der Waals surface area contributed by atoms with Gasteiger partial charge in [0.05, 0.1) is 11.3 Å². The van der Waals surface area contributed by atoms with Gasteiger partial charge in [-0.25, -0.2) is 0 Å². The fraction of sp³-hybridized carbons (Fsp3) is 0.133. The zero-order valence-corrected chi connectivity index (χ0v) is 11.1. The summed E-state index contributed by atoms with van der Waals surface area (Å²) in [7, 11) is 0. The highest BCUT2D eigenvalue weighted by Gasteiger charge is 2.30. The highest BCUT2D eigenvalue weighted by Crippen LogP contribution is 2.32. The van der Waals surface area contributed by atoms with Crippen LogP contribution in [0.4, 0.5) is 13.2 Å². The Bertz CT molecular complexity index is 649. The molecule has 1 N–H and O–H groups in total. The largest absolute Gasteiger partial charge is 0.457 e. The molecule has 0 aliphatic carbocycles. The lowest BCUT2D eigenvalue weighted by Gasteiger charge is -2.10. The van der Waals surface area contributed by atoms with Crippen LogP contribution in [0.5, 0.6) is 11.5 Å². The SMILES string of the molecule is C/C(=N/O)c1ccc(Oc2cccc(C(F)(F)F)c2)cc1. The van der Waals surface area contributed by atoms with Crippen LogP contribution in [-0.2, 0) is 6.18 Å². The molecule has 3 nitrogen and oxygen atoms in total. The third kappa shape index (κ3) is 3.75. The normalized spacial score (nSPS) is 12.3. The van der Waals surface area contributed by atoms with E-state index in [4.69, 9.17) is 9.94 Å². The molecule has 0 aliphatic rings. The summed E-state index contributed by atoms with van der Waals surface area (Å²) in [6.07, 6.45) is -4.40. The Balaban J connectivity index is 2.19. The predicted octanol–water partition coefficient (Wildman–Crippen LogP) is 4.70. The molecule has 6 heteroatoms. The first-order chi connectivity index (χ1) is 9.90. The van der Waals surface area contributed by atoms with Crippen LogP contribution in [0.25, 0.3) is 0 Å². The fourth-order valence-electron chi connectivity index (χ4n) is 1.69. The summed E-state index contributed by atoms with van der Waals surface area (Å²) in [6, 6.07) is 11.1. The van der Waals surface area contributed by atoms with Crippen molar-refractivity contribution in [3.05, 3.63) is 59.7 Å². The topological polar surface area (TPSA) is 41.8 Å². The number of benzene rings is 2. The molecule has 110 valence electrons. The number of oxime groups is 1. The van der Waals surface area contributed by atoms with Crippen LogP contribution in [0.2, 0.25) is 0 Å². The quantitative estimate of drug-likeness (QED) is 0.507. The maximum Gasteiger partial charge on any atom is 0.416 e. The van der Waals surface area contributed by atoms with Gasteiger partial charge >= 0.3 is 6.18 Å². The van der Waals surface area contributed by atoms with Crippen LogP contribution < -0.4 is 4.74 Å². The standard InChI is InChI=1S/C15H12F3NO2/c1-10(19-20)11-5-7-13(8-6-11)21-14-4-2-3-12(9-14)15(16,17)18/h2-9,20H,1H3/b19-10-. The van der Waals surface area contributed by atoms with E-state index in [-0.39, 0.29) is 5.75 Å². The van der Waals surface area contributed by atoms with Crippen LogP contribution in [0.15, 0.2) is 53.7 Å². The van der Waals surface area contributed by atoms with Crippen molar-refractivity contribution in [3.8, 4) is 11.5 Å². The summed E-state index contributed by atoms with van der Waals surface area (Å²) in [5.74, 6) is 0.494. The molecule has 0 aromatic heterocycles. The van der Waals surface area contributed by atoms with Crippen LogP contribution >= 0.6 is 0 Å². The minimum atomic E-state index is -4.40. The minimum Gasteiger partial charge on any atom is -0.457 e. The lowest BCUT2D eigenvalue weighted by atomic mass is 10.1. The van der Waals surface area contributed by atoms with E-state index in [1.54, 1.807) is 31.2 Å². The Hall–Kier alpha value is -2.50. The Morgan fingerprint density at radius 3 is 2.29 bits per heavy atom. The summed E-state index contributed by atoms with van der Waals surface area (Å²) in [6.45, 7) is 1.63. The van der Waals surface area contributed by atoms with Gasteiger partial charge in [-0.05, 0) is 55.0 Å². The number of hydrogen-bond acceptors (Lipinski definition) is 3. The minimum absolute atomic E-state index is 0.102. The van der Waals surface area contributed by atoms with Gasteiger partial charge in [0.25, 0.3) is 0 Å². The first-order valence-electron chi connectivity index (χ1n) is 6.04. The number of hydrogen-bond donors (Lipinski definition) is 1. The molecule has 2 aromatic rings. The van der Waals surface area contributed by atoms with Gasteiger partial charge in [-0.2, -0.15) is 13.2 Å². The van der Waals surface area contributed by atoms with Crippen molar-refractivity contribution in [1.29, 1.82) is 0 Å². The van der Waals surface area contributed by atoms with Gasteiger partial charge in [0.2, 0.25) is 0 Å². The Labute approximate surface area is 119 Å². The van der Waals surface area contributed by atoms with Crippen molar-refractivity contribution in [2.45, 2.75) is 13.1 Å². The van der Waals surface area contributed by atoms with Gasteiger partial charge in [0, 0.05) is 0 Å². The summed E-state index contributed by atoms with van der Waals surface area (Å²) in [4.78, 5) is 0. The molecule has 0 saturated heterocycles. The molecule has 0 amide bonds. The molecule has 2 aromatic carbocycles. The predicted molar refractivity (Wildman–Crippen MR) is 72.0 cm³/mol. The Morgan fingerprint density at radius 1 is 1.05 bits per heavy atom. The number of rotatable bonds is 3. The summed E-state index contributed by atoms with van der Waals surface area (Å²) >= 11 is 0. The molecule has 21 heavy (non-hydrogen) atoms. The van der Waals surface area contributed by atoms with E-state index in [2.05, 4.69) is 5.16 Å². The highest BCUT2D eigenvalue weighted by molar-refractivity contribution is 5.98. The molecule has 0 bridgehead atoms. The first kappa shape index (κ1) is 14.9. The Kier molecular flexibility index (Phi) is 4.16. The van der Waals surface area contributed by atoms with Crippen LogP contribution in [0.1, 0.15) is 18.1 Å². The Morgan fingerprint density at radius 2 is 1.71 bits per heavy atom. The van der Waals surface area contributed by atoms with E-state index < -0.39 is 11.7 Å². The molecule has 0 heterocycles. The van der Waals surface area contributed by atoms with E-state index in [0.717, 1.165) is 12.1 Å². The fourth-order valence-corrected chi connectivity index (χ4v) is 1.69. The van der Waals surface area contributed by atoms with Crippen molar-refractivity contribution in [2.24, 2.45) is 5.16 Å². The van der Waals surface area contributed by atoms with E-state index in [0.29, 0.717) is 17.0 Å². The van der Waals surface area contributed by atoms with E-state index in [1.165, 1.54) is 12.1 Å². The first-order valence-corrected chi connectivity index (χ1v) is 6.04. The second kappa shape index (κ2) is 5.87. The molecule has 0 saturated carbocycles. The van der Waals surface area contributed by atoms with E-state index in [1.807, 2.05) is 0 Å². The van der Waals surface area contributed by atoms with Crippen molar-refractivity contribution in [2.75, 3.05) is 0 Å². The van der Waals surface area contributed by atoms with Crippen LogP contribution in [0, 0.1) is 0 Å². The lowest BCUT2D eigenvalue weighted by molar-refractivity contribution is -0.137. The van der Waals surface area contributed by atoms with E-state index in [9.17, 15) is 13.2 Å². The summed E-state index contributed by atoms with van der Waals surface area (Å²) < 4.78 is 43.2. The smallest absolute Gasteiger partial charge is 0.416 e. The van der Waals surface area contributed by atoms with Crippen LogP contribution in [0.3, 0.4) is 0 Å². The van der Waals surface area contributed by atoms with Crippen LogP contribution in [-0.4, -0.2) is 10.9 Å². The van der Waals surface area contributed by atoms with Crippen molar-refractivity contribution in [3.63, 3.8) is 0 Å². The van der Waals surface area contributed by atoms with Gasteiger partial charge < -0.3 is 9.94 Å². The number of nitrogens with zero attached hydrogens (tertiary/aromatic N) is 1. The number of alkyl halides is 3. The molecule has 0 atom stereocenters. The average molecular weight is 295 g/mol. The molecular formula is C15H12F3NO2. The van der Waals surface area contributed by atoms with Gasteiger partial charge in [0.15, 0.2) is 0 Å². The maximum absolute atomic E-state index is 12.6. The monoisotopic (exact) mass is 295 g/mol. The number of halogens is 3. The molecule has 0 spiro atoms. The lowest BCUT2D eigenvalue weighted by Crippen LogP contribution is -2.04. The third-order valence-electron chi connectivity index (χ3n) is 2.82. The highest BCUT2D eigenvalue weighted by atomic mass is 19.4. The molecule has 2 rings (SSSR count). The zero-order valence-electron chi connectivity index (χ0n) is 11.1. The average Bonchev–Trinajstić information content (AvgIpc) is 2.47. The van der Waals surface area contributed by atoms with Crippen molar-refractivity contribution < 1.29 is 23.1 Å². The maximum atomic E-state index is 12.6. The van der Waals surface area contributed by atoms with Crippen molar-refractivity contribution >= 4 is 5.71 Å². The van der Waals surface area contributed by atoms with Crippen molar-refractivity contribution in [1.82, 2.24) is 0 Å².